The zero-order valence-corrected chi connectivity index (χ0v) is 27.5. The molecule has 3 aromatic rings. The summed E-state index contributed by atoms with van der Waals surface area (Å²) in [7, 11) is 0.833. The molecule has 0 heterocycles. The predicted octanol–water partition coefficient (Wildman–Crippen LogP) is 7.60. The molecule has 0 radical (unpaired) electrons. The van der Waals surface area contributed by atoms with E-state index in [2.05, 4.69) is 11.6 Å². The molecule has 0 bridgehead atoms. The van der Waals surface area contributed by atoms with Gasteiger partial charge in [-0.3, -0.25) is 13.5 Å². The van der Waals surface area contributed by atoms with E-state index in [0.717, 1.165) is 26.3 Å². The molecule has 0 aliphatic carbocycles. The Bertz CT molecular complexity index is 1030. The molecule has 0 saturated heterocycles. The molecule has 0 amide bonds. The molecule has 1 atom stereocenters. The van der Waals surface area contributed by atoms with Crippen molar-refractivity contribution in [2.24, 2.45) is 0 Å². The SMILES string of the molecule is Cc1ccc(-c2cc(F)c(CF)c(F)c2)cc1.N#Cc1c(F)cc(OF)cc1F.[CH2-]PC.[U].[U]. The van der Waals surface area contributed by atoms with Crippen LogP contribution in [0.4, 0.5) is 26.5 Å². The van der Waals surface area contributed by atoms with Gasteiger partial charge in [-0.2, -0.15) is 5.26 Å². The van der Waals surface area contributed by atoms with Gasteiger partial charge in [-0.15, -0.1) is 0 Å². The molecule has 3 rings (SSSR count). The summed E-state index contributed by atoms with van der Waals surface area (Å²) in [6.07, 6.45) is 0. The van der Waals surface area contributed by atoms with Gasteiger partial charge in [0.2, 0.25) is 0 Å². The first-order valence-corrected chi connectivity index (χ1v) is 10.7. The summed E-state index contributed by atoms with van der Waals surface area (Å²) in [5.41, 5.74) is 0.919. The van der Waals surface area contributed by atoms with Gasteiger partial charge in [0.25, 0.3) is 0 Å². The molecule has 0 N–H and O–H groups in total. The van der Waals surface area contributed by atoms with Gasteiger partial charge in [-0.25, -0.2) is 22.0 Å². The number of benzene rings is 3. The molecule has 0 fully saturated rings. The molecule has 34 heavy (non-hydrogen) atoms. The van der Waals surface area contributed by atoms with Gasteiger partial charge in [-0.1, -0.05) is 36.5 Å². The van der Waals surface area contributed by atoms with Crippen LogP contribution in [0.1, 0.15) is 16.7 Å². The first kappa shape index (κ1) is 35.2. The topological polar surface area (TPSA) is 33.0 Å². The Kier molecular flexibility index (Phi) is 19.0. The van der Waals surface area contributed by atoms with Gasteiger partial charge in [0.1, 0.15) is 41.6 Å². The quantitative estimate of drug-likeness (QED) is 0.154. The number of halogens is 6. The number of nitrogens with zero attached hydrogens (tertiary/aromatic N) is 1. The Morgan fingerprint density at radius 3 is 1.68 bits per heavy atom. The molecule has 0 aromatic heterocycles. The Morgan fingerprint density at radius 1 is 0.882 bits per heavy atom. The molecule has 178 valence electrons. The molecule has 0 aliphatic heterocycles. The second-order valence-electron chi connectivity index (χ2n) is 6.22. The number of nitriles is 1. The summed E-state index contributed by atoms with van der Waals surface area (Å²) >= 11 is 0. The van der Waals surface area contributed by atoms with Crippen molar-refractivity contribution in [2.75, 3.05) is 6.66 Å². The van der Waals surface area contributed by atoms with Crippen LogP contribution in [-0.2, 0) is 6.67 Å². The van der Waals surface area contributed by atoms with Crippen molar-refractivity contribution in [3.05, 3.63) is 95.2 Å². The molecular formula is C23H19F6NOPU2-. The molecular weight excluding hydrogens is 927 g/mol. The van der Waals surface area contributed by atoms with E-state index >= 15 is 0 Å². The third-order valence-corrected chi connectivity index (χ3v) is 3.88. The predicted molar refractivity (Wildman–Crippen MR) is 114 cm³/mol. The standard InChI is InChI=1S/C14H11F3.C7H2F3NO.C2H6P.2U/c1-9-2-4-10(5-3-9)11-6-13(16)12(8-15)14(17)7-11;8-6-1-4(12-10)2-7(9)5(6)3-11;1-3-2;;/h2-7H,8H2,1H3;1-2H;3H,1H2,2H3;;/q;;-1;;. The van der Waals surface area contributed by atoms with Crippen LogP contribution < -0.4 is 4.94 Å². The number of aryl methyl sites for hydroxylation is 1. The van der Waals surface area contributed by atoms with Crippen molar-refractivity contribution in [1.29, 1.82) is 5.26 Å². The van der Waals surface area contributed by atoms with Crippen molar-refractivity contribution in [3.63, 3.8) is 0 Å². The fourth-order valence-electron chi connectivity index (χ4n) is 2.34. The van der Waals surface area contributed by atoms with E-state index < -0.39 is 46.8 Å². The van der Waals surface area contributed by atoms with Gasteiger partial charge in [0.15, 0.2) is 5.75 Å². The van der Waals surface area contributed by atoms with Crippen molar-refractivity contribution in [3.8, 4) is 22.9 Å². The first-order chi connectivity index (χ1) is 15.2. The van der Waals surface area contributed by atoms with E-state index in [4.69, 9.17) is 5.26 Å². The van der Waals surface area contributed by atoms with Crippen LogP contribution in [0.5, 0.6) is 5.75 Å². The van der Waals surface area contributed by atoms with Gasteiger partial charge in [0, 0.05) is 78.9 Å². The molecule has 0 aliphatic rings. The third kappa shape index (κ3) is 10.8. The minimum atomic E-state index is -1.15. The van der Waals surface area contributed by atoms with Crippen LogP contribution in [-0.4, -0.2) is 6.66 Å². The average molecular weight is 946 g/mol. The molecule has 11 heteroatoms. The smallest absolute Gasteiger partial charge is 0.177 e. The summed E-state index contributed by atoms with van der Waals surface area (Å²) in [6, 6.07) is 12.0. The largest absolute Gasteiger partial charge is 0.320 e. The van der Waals surface area contributed by atoms with Crippen molar-refractivity contribution < 1.29 is 93.6 Å². The zero-order chi connectivity index (χ0) is 24.3. The average Bonchev–Trinajstić information content (AvgIpc) is 2.75. The normalized spacial score (nSPS) is 9.41. The van der Waals surface area contributed by atoms with Crippen LogP contribution in [0, 0.1) is 110 Å². The van der Waals surface area contributed by atoms with Gasteiger partial charge in [-0.05, 0) is 30.2 Å². The number of hydrogen-bond acceptors (Lipinski definition) is 2. The van der Waals surface area contributed by atoms with E-state index in [1.165, 1.54) is 6.07 Å². The summed E-state index contributed by atoms with van der Waals surface area (Å²) in [5.74, 6) is -4.59. The van der Waals surface area contributed by atoms with Crippen LogP contribution in [0.3, 0.4) is 0 Å². The van der Waals surface area contributed by atoms with E-state index in [9.17, 15) is 26.5 Å². The maximum absolute atomic E-state index is 13.4. The maximum Gasteiger partial charge on any atom is 0.177 e. The van der Waals surface area contributed by atoms with Gasteiger partial charge < -0.3 is 6.66 Å². The molecule has 1 unspecified atom stereocenters. The van der Waals surface area contributed by atoms with E-state index in [1.54, 1.807) is 12.1 Å². The summed E-state index contributed by atoms with van der Waals surface area (Å²) in [4.78, 5) is 3.09. The van der Waals surface area contributed by atoms with Crippen LogP contribution >= 0.6 is 8.58 Å². The maximum atomic E-state index is 13.4. The Morgan fingerprint density at radius 2 is 1.32 bits per heavy atom. The second-order valence-corrected chi connectivity index (χ2v) is 6.93. The van der Waals surface area contributed by atoms with Crippen molar-refractivity contribution in [1.82, 2.24) is 0 Å². The molecule has 3 aromatic carbocycles. The minimum Gasteiger partial charge on any atom is -0.320 e. The fourth-order valence-corrected chi connectivity index (χ4v) is 2.34. The summed E-state index contributed by atoms with van der Waals surface area (Å²) in [6.45, 7) is 6.35. The zero-order valence-electron chi connectivity index (χ0n) is 18.2. The summed E-state index contributed by atoms with van der Waals surface area (Å²) < 4.78 is 75.7. The van der Waals surface area contributed by atoms with Gasteiger partial charge in [0.05, 0.1) is 5.56 Å². The first-order valence-electron chi connectivity index (χ1n) is 8.94. The second kappa shape index (κ2) is 18.3. The number of alkyl halides is 1. The molecule has 0 spiro atoms. The monoisotopic (exact) mass is 946 g/mol. The van der Waals surface area contributed by atoms with Crippen molar-refractivity contribution in [2.45, 2.75) is 13.6 Å². The van der Waals surface area contributed by atoms with Crippen LogP contribution in [0.2, 0.25) is 0 Å². The molecule has 2 nitrogen and oxygen atoms in total. The van der Waals surface area contributed by atoms with E-state index in [1.807, 2.05) is 25.7 Å². The van der Waals surface area contributed by atoms with E-state index in [-0.39, 0.29) is 62.2 Å². The van der Waals surface area contributed by atoms with Crippen LogP contribution in [0.15, 0.2) is 48.5 Å². The number of rotatable bonds is 3. The number of hydrogen-bond donors (Lipinski definition) is 0. The Balaban J connectivity index is 0. The van der Waals surface area contributed by atoms with E-state index in [0.29, 0.717) is 23.3 Å². The summed E-state index contributed by atoms with van der Waals surface area (Å²) in [5, 5.41) is 8.20. The third-order valence-electron chi connectivity index (χ3n) is 3.88. The fraction of sp³-hybridized carbons (Fsp3) is 0.130. The van der Waals surface area contributed by atoms with Crippen molar-refractivity contribution >= 4 is 8.58 Å². The minimum absolute atomic E-state index is 0. The Hall–Kier alpha value is -0.936. The van der Waals surface area contributed by atoms with Crippen LogP contribution in [0.25, 0.3) is 11.1 Å². The Labute approximate surface area is 243 Å². The molecule has 0 saturated carbocycles. The van der Waals surface area contributed by atoms with Gasteiger partial charge >= 0.3 is 0 Å².